The van der Waals surface area contributed by atoms with E-state index in [9.17, 15) is 9.59 Å². The first-order valence-electron chi connectivity index (χ1n) is 12.6. The van der Waals surface area contributed by atoms with Gasteiger partial charge in [-0.3, -0.25) is 9.59 Å². The van der Waals surface area contributed by atoms with Gasteiger partial charge < -0.3 is 15.1 Å². The Morgan fingerprint density at radius 1 is 1.09 bits per heavy atom. The number of allylic oxidation sites excluding steroid dienone is 1. The van der Waals surface area contributed by atoms with Gasteiger partial charge in [-0.25, -0.2) is 0 Å². The van der Waals surface area contributed by atoms with Crippen LogP contribution < -0.4 is 5.32 Å². The monoisotopic (exact) mass is 435 g/mol. The van der Waals surface area contributed by atoms with Crippen molar-refractivity contribution < 1.29 is 9.59 Å². The van der Waals surface area contributed by atoms with Crippen molar-refractivity contribution in [3.05, 3.63) is 47.2 Å². The van der Waals surface area contributed by atoms with E-state index in [0.717, 1.165) is 35.1 Å². The number of nitrogens with one attached hydrogen (secondary N) is 1. The van der Waals surface area contributed by atoms with Gasteiger partial charge in [-0.2, -0.15) is 0 Å². The summed E-state index contributed by atoms with van der Waals surface area (Å²) in [7, 11) is 0. The topological polar surface area (TPSA) is 52.7 Å². The number of carbonyl (C=O) groups is 2. The summed E-state index contributed by atoms with van der Waals surface area (Å²) in [5.74, 6) is 2.27. The fraction of sp³-hybridized carbons (Fsp3) is 0.630. The van der Waals surface area contributed by atoms with Crippen LogP contribution >= 0.6 is 0 Å². The second-order valence-electron chi connectivity index (χ2n) is 10.7. The molecule has 32 heavy (non-hydrogen) atoms. The average Bonchev–Trinajstić information content (AvgIpc) is 3.10. The van der Waals surface area contributed by atoms with Crippen molar-refractivity contribution in [2.75, 3.05) is 19.6 Å². The van der Waals surface area contributed by atoms with E-state index in [-0.39, 0.29) is 17.9 Å². The number of hydrogen-bond donors (Lipinski definition) is 1. The van der Waals surface area contributed by atoms with Gasteiger partial charge in [-0.05, 0) is 86.6 Å². The number of piperidine rings is 2. The zero-order valence-corrected chi connectivity index (χ0v) is 19.4. The van der Waals surface area contributed by atoms with Gasteiger partial charge in [0.2, 0.25) is 5.91 Å². The third-order valence-corrected chi connectivity index (χ3v) is 8.28. The molecule has 0 radical (unpaired) electrons. The number of benzene rings is 1. The van der Waals surface area contributed by atoms with Crippen molar-refractivity contribution in [3.63, 3.8) is 0 Å². The first kappa shape index (κ1) is 21.7. The average molecular weight is 436 g/mol. The largest absolute Gasteiger partial charge is 0.329 e. The van der Waals surface area contributed by atoms with Gasteiger partial charge in [-0.15, -0.1) is 0 Å². The van der Waals surface area contributed by atoms with Gasteiger partial charge in [0, 0.05) is 24.4 Å². The maximum absolute atomic E-state index is 13.0. The fourth-order valence-electron chi connectivity index (χ4n) is 6.47. The minimum atomic E-state index is -0.380. The third-order valence-electron chi connectivity index (χ3n) is 8.28. The molecule has 3 aliphatic heterocycles. The lowest BCUT2D eigenvalue weighted by atomic mass is 9.81. The number of amides is 2. The Balaban J connectivity index is 1.19. The lowest BCUT2D eigenvalue weighted by Gasteiger charge is -2.36. The van der Waals surface area contributed by atoms with Crippen molar-refractivity contribution in [2.45, 2.75) is 76.8 Å². The van der Waals surface area contributed by atoms with Crippen molar-refractivity contribution in [1.29, 1.82) is 0 Å². The molecule has 1 aliphatic carbocycles. The second kappa shape index (κ2) is 9.01. The molecule has 1 aromatic carbocycles. The molecule has 3 heterocycles. The van der Waals surface area contributed by atoms with E-state index in [0.29, 0.717) is 18.9 Å². The predicted octanol–water partition coefficient (Wildman–Crippen LogP) is 4.44. The fourth-order valence-corrected chi connectivity index (χ4v) is 6.47. The molecular formula is C27H37N3O2. The second-order valence-corrected chi connectivity index (χ2v) is 10.7. The Morgan fingerprint density at radius 2 is 1.91 bits per heavy atom. The number of fused-ring (bicyclic) bond motifs is 1. The molecule has 0 spiro atoms. The van der Waals surface area contributed by atoms with Crippen LogP contribution in [0.5, 0.6) is 0 Å². The smallest absolute Gasteiger partial charge is 0.255 e. The van der Waals surface area contributed by atoms with E-state index in [1.807, 2.05) is 6.07 Å². The van der Waals surface area contributed by atoms with Crippen LogP contribution in [-0.2, 0) is 11.3 Å². The summed E-state index contributed by atoms with van der Waals surface area (Å²) in [5.41, 5.74) is 3.98. The molecule has 3 fully saturated rings. The maximum atomic E-state index is 13.0. The highest BCUT2D eigenvalue weighted by molar-refractivity contribution is 6.01. The van der Waals surface area contributed by atoms with E-state index in [1.165, 1.54) is 63.7 Å². The first-order valence-corrected chi connectivity index (χ1v) is 12.6. The van der Waals surface area contributed by atoms with Crippen molar-refractivity contribution in [1.82, 2.24) is 15.1 Å². The highest BCUT2D eigenvalue weighted by atomic mass is 16.2. The summed E-state index contributed by atoms with van der Waals surface area (Å²) in [4.78, 5) is 29.8. The molecule has 3 atom stereocenters. The van der Waals surface area contributed by atoms with E-state index < -0.39 is 0 Å². The zero-order valence-electron chi connectivity index (χ0n) is 19.4. The van der Waals surface area contributed by atoms with Crippen LogP contribution in [0.2, 0.25) is 0 Å². The molecule has 4 aliphatic rings. The number of hydrogen-bond acceptors (Lipinski definition) is 3. The SMILES string of the molecule is C=C1CCC(N2Cc3cc(C4CCN(CC5CCCC(C)C5)CC4)ccc3C2=O)C(=O)N1. The molecular weight excluding hydrogens is 398 g/mol. The Hall–Kier alpha value is -2.14. The maximum Gasteiger partial charge on any atom is 0.255 e. The summed E-state index contributed by atoms with van der Waals surface area (Å²) in [6.45, 7) is 10.5. The summed E-state index contributed by atoms with van der Waals surface area (Å²) in [6, 6.07) is 6.03. The Bertz CT molecular complexity index is 902. The van der Waals surface area contributed by atoms with Gasteiger partial charge in [0.25, 0.3) is 5.91 Å². The zero-order chi connectivity index (χ0) is 22.2. The third kappa shape index (κ3) is 4.36. The number of nitrogens with zero attached hydrogens (tertiary/aromatic N) is 2. The Labute approximate surface area is 192 Å². The minimum absolute atomic E-state index is 0.00394. The quantitative estimate of drug-likeness (QED) is 0.761. The van der Waals surface area contributed by atoms with E-state index >= 15 is 0 Å². The highest BCUT2D eigenvalue weighted by Crippen LogP contribution is 2.35. The van der Waals surface area contributed by atoms with Crippen LogP contribution in [-0.4, -0.2) is 47.3 Å². The standard InChI is InChI=1S/C27H37N3O2/c1-18-4-3-5-20(14-18)16-29-12-10-21(11-13-29)22-7-8-24-23(15-22)17-30(27(24)32)25-9-6-19(2)28-26(25)31/h7-8,15,18,20-21,25H,2-6,9-14,16-17H2,1H3,(H,28,31). The molecule has 0 aromatic heterocycles. The number of rotatable bonds is 4. The molecule has 1 saturated carbocycles. The van der Waals surface area contributed by atoms with Crippen LogP contribution in [0.3, 0.4) is 0 Å². The molecule has 1 N–H and O–H groups in total. The van der Waals surface area contributed by atoms with Crippen LogP contribution in [0.15, 0.2) is 30.5 Å². The summed E-state index contributed by atoms with van der Waals surface area (Å²) >= 11 is 0. The van der Waals surface area contributed by atoms with E-state index in [2.05, 4.69) is 35.9 Å². The molecule has 5 rings (SSSR count). The molecule has 0 bridgehead atoms. The van der Waals surface area contributed by atoms with Crippen LogP contribution in [0.4, 0.5) is 0 Å². The van der Waals surface area contributed by atoms with Gasteiger partial charge in [0.15, 0.2) is 0 Å². The molecule has 5 heteroatoms. The van der Waals surface area contributed by atoms with Gasteiger partial charge >= 0.3 is 0 Å². The summed E-state index contributed by atoms with van der Waals surface area (Å²) in [5, 5.41) is 2.82. The molecule has 5 nitrogen and oxygen atoms in total. The molecule has 2 saturated heterocycles. The normalized spacial score (nSPS) is 29.8. The Kier molecular flexibility index (Phi) is 6.11. The highest BCUT2D eigenvalue weighted by Gasteiger charge is 2.38. The van der Waals surface area contributed by atoms with Crippen molar-refractivity contribution in [3.8, 4) is 0 Å². The van der Waals surface area contributed by atoms with Crippen LogP contribution in [0.25, 0.3) is 0 Å². The lowest BCUT2D eigenvalue weighted by Crippen LogP contribution is -2.49. The molecule has 3 unspecified atom stereocenters. The predicted molar refractivity (Wildman–Crippen MR) is 126 cm³/mol. The van der Waals surface area contributed by atoms with E-state index in [1.54, 1.807) is 4.90 Å². The number of likely N-dealkylation sites (tertiary alicyclic amines) is 1. The first-order chi connectivity index (χ1) is 15.5. The Morgan fingerprint density at radius 3 is 2.66 bits per heavy atom. The molecule has 2 amide bonds. The van der Waals surface area contributed by atoms with Crippen LogP contribution in [0.1, 0.15) is 85.7 Å². The molecule has 172 valence electrons. The van der Waals surface area contributed by atoms with E-state index in [4.69, 9.17) is 0 Å². The summed E-state index contributed by atoms with van der Waals surface area (Å²) < 4.78 is 0. The van der Waals surface area contributed by atoms with Crippen molar-refractivity contribution in [2.24, 2.45) is 11.8 Å². The van der Waals surface area contributed by atoms with Crippen molar-refractivity contribution >= 4 is 11.8 Å². The van der Waals surface area contributed by atoms with Gasteiger partial charge in [0.1, 0.15) is 6.04 Å². The molecule has 1 aromatic rings. The van der Waals surface area contributed by atoms with Gasteiger partial charge in [0.05, 0.1) is 0 Å². The number of carbonyl (C=O) groups excluding carboxylic acids is 2. The van der Waals surface area contributed by atoms with Crippen LogP contribution in [0, 0.1) is 11.8 Å². The minimum Gasteiger partial charge on any atom is -0.329 e. The lowest BCUT2D eigenvalue weighted by molar-refractivity contribution is -0.126. The van der Waals surface area contributed by atoms with Gasteiger partial charge in [-0.1, -0.05) is 38.5 Å². The summed E-state index contributed by atoms with van der Waals surface area (Å²) in [6.07, 6.45) is 9.43.